The Balaban J connectivity index is 1.58. The van der Waals surface area contributed by atoms with Crippen LogP contribution in [0.5, 0.6) is 0 Å². The fourth-order valence-corrected chi connectivity index (χ4v) is 2.66. The first kappa shape index (κ1) is 13.7. The normalized spacial score (nSPS) is 16.0. The number of carbonyl (C=O) groups is 1. The number of oxazole rings is 1. The Morgan fingerprint density at radius 2 is 2.00 bits per heavy atom. The quantitative estimate of drug-likeness (QED) is 0.942. The minimum Gasteiger partial charge on any atom is -0.444 e. The Labute approximate surface area is 124 Å². The van der Waals surface area contributed by atoms with E-state index in [0.29, 0.717) is 6.04 Å². The predicted octanol–water partition coefficient (Wildman–Crippen LogP) is 2.76. The summed E-state index contributed by atoms with van der Waals surface area (Å²) in [5.74, 6) is 0.946. The molecule has 21 heavy (non-hydrogen) atoms. The van der Waals surface area contributed by atoms with Crippen molar-refractivity contribution >= 4 is 11.6 Å². The topological polar surface area (TPSA) is 58.4 Å². The molecule has 3 rings (SSSR count). The number of hydrogen-bond donors (Lipinski definition) is 1. The first-order valence-electron chi connectivity index (χ1n) is 7.23. The summed E-state index contributed by atoms with van der Waals surface area (Å²) < 4.78 is 5.27. The summed E-state index contributed by atoms with van der Waals surface area (Å²) in [7, 11) is 0. The van der Waals surface area contributed by atoms with E-state index in [2.05, 4.69) is 22.4 Å². The number of anilines is 1. The molecule has 5 heteroatoms. The molecule has 0 spiro atoms. The summed E-state index contributed by atoms with van der Waals surface area (Å²) in [6, 6.07) is 8.57. The number of aromatic nitrogens is 1. The lowest BCUT2D eigenvalue weighted by Gasteiger charge is -2.32. The smallest absolute Gasteiger partial charge is 0.219 e. The van der Waals surface area contributed by atoms with Gasteiger partial charge in [0.25, 0.3) is 0 Å². The number of carbonyl (C=O) groups excluding carboxylic acids is 1. The van der Waals surface area contributed by atoms with Crippen molar-refractivity contribution < 1.29 is 9.21 Å². The Morgan fingerprint density at radius 3 is 2.57 bits per heavy atom. The maximum Gasteiger partial charge on any atom is 0.219 e. The van der Waals surface area contributed by atoms with E-state index in [4.69, 9.17) is 4.42 Å². The molecule has 1 aromatic carbocycles. The maximum absolute atomic E-state index is 11.3. The molecule has 0 bridgehead atoms. The van der Waals surface area contributed by atoms with Crippen molar-refractivity contribution in [3.05, 3.63) is 36.9 Å². The number of nitrogens with zero attached hydrogens (tertiary/aromatic N) is 2. The lowest BCUT2D eigenvalue weighted by Crippen LogP contribution is -2.41. The van der Waals surface area contributed by atoms with E-state index in [1.807, 2.05) is 17.0 Å². The van der Waals surface area contributed by atoms with Gasteiger partial charge < -0.3 is 14.6 Å². The van der Waals surface area contributed by atoms with Gasteiger partial charge in [-0.3, -0.25) is 4.79 Å². The van der Waals surface area contributed by atoms with Crippen LogP contribution in [0.25, 0.3) is 11.3 Å². The van der Waals surface area contributed by atoms with Gasteiger partial charge >= 0.3 is 0 Å². The molecule has 2 aromatic rings. The summed E-state index contributed by atoms with van der Waals surface area (Å²) in [6.07, 6.45) is 5.12. The lowest BCUT2D eigenvalue weighted by atomic mass is 10.0. The van der Waals surface area contributed by atoms with Crippen LogP contribution in [-0.2, 0) is 4.79 Å². The second-order valence-corrected chi connectivity index (χ2v) is 5.37. The van der Waals surface area contributed by atoms with Gasteiger partial charge in [-0.15, -0.1) is 0 Å². The summed E-state index contributed by atoms with van der Waals surface area (Å²) in [4.78, 5) is 17.1. The van der Waals surface area contributed by atoms with Gasteiger partial charge in [0.15, 0.2) is 12.2 Å². The predicted molar refractivity (Wildman–Crippen MR) is 80.8 cm³/mol. The van der Waals surface area contributed by atoms with Crippen molar-refractivity contribution in [3.63, 3.8) is 0 Å². The van der Waals surface area contributed by atoms with Crippen molar-refractivity contribution in [2.24, 2.45) is 0 Å². The number of likely N-dealkylation sites (tertiary alicyclic amines) is 1. The highest BCUT2D eigenvalue weighted by Gasteiger charge is 2.20. The van der Waals surface area contributed by atoms with Crippen molar-refractivity contribution in [1.29, 1.82) is 0 Å². The van der Waals surface area contributed by atoms with Crippen LogP contribution in [0.2, 0.25) is 0 Å². The number of benzene rings is 1. The monoisotopic (exact) mass is 285 g/mol. The molecule has 1 amide bonds. The summed E-state index contributed by atoms with van der Waals surface area (Å²) in [6.45, 7) is 3.31. The molecule has 110 valence electrons. The molecule has 1 fully saturated rings. The van der Waals surface area contributed by atoms with Gasteiger partial charge in [-0.25, -0.2) is 4.98 Å². The molecule has 0 saturated carbocycles. The number of rotatable bonds is 3. The van der Waals surface area contributed by atoms with Gasteiger partial charge in [0.2, 0.25) is 5.91 Å². The van der Waals surface area contributed by atoms with E-state index < -0.39 is 0 Å². The van der Waals surface area contributed by atoms with Crippen LogP contribution < -0.4 is 5.32 Å². The first-order valence-corrected chi connectivity index (χ1v) is 7.23. The maximum atomic E-state index is 11.3. The van der Waals surface area contributed by atoms with Gasteiger partial charge in [0, 0.05) is 37.3 Å². The van der Waals surface area contributed by atoms with E-state index in [1.54, 1.807) is 13.1 Å². The first-order chi connectivity index (χ1) is 10.2. The van der Waals surface area contributed by atoms with Crippen LogP contribution in [0, 0.1) is 0 Å². The number of piperidine rings is 1. The molecule has 1 aliphatic heterocycles. The molecule has 1 aliphatic rings. The van der Waals surface area contributed by atoms with Gasteiger partial charge in [-0.1, -0.05) is 0 Å². The molecule has 0 radical (unpaired) electrons. The van der Waals surface area contributed by atoms with Crippen LogP contribution in [-0.4, -0.2) is 34.9 Å². The lowest BCUT2D eigenvalue weighted by molar-refractivity contribution is -0.129. The van der Waals surface area contributed by atoms with Crippen LogP contribution in [0.3, 0.4) is 0 Å². The van der Waals surface area contributed by atoms with Crippen molar-refractivity contribution in [3.8, 4) is 11.3 Å². The fraction of sp³-hybridized carbons (Fsp3) is 0.375. The molecular formula is C16H19N3O2. The van der Waals surface area contributed by atoms with Crippen LogP contribution in [0.4, 0.5) is 5.69 Å². The third-order valence-corrected chi connectivity index (χ3v) is 3.91. The Hall–Kier alpha value is -2.30. The molecule has 0 unspecified atom stereocenters. The van der Waals surface area contributed by atoms with Gasteiger partial charge in [0.1, 0.15) is 0 Å². The van der Waals surface area contributed by atoms with Gasteiger partial charge in [0.05, 0.1) is 6.20 Å². The Morgan fingerprint density at radius 1 is 1.29 bits per heavy atom. The van der Waals surface area contributed by atoms with Gasteiger partial charge in [-0.05, 0) is 37.1 Å². The molecule has 1 saturated heterocycles. The summed E-state index contributed by atoms with van der Waals surface area (Å²) in [5.41, 5.74) is 2.11. The van der Waals surface area contributed by atoms with Crippen LogP contribution >= 0.6 is 0 Å². The SMILES string of the molecule is CC(=O)N1CCC(Nc2ccc(-c3cnco3)cc2)CC1. The third-order valence-electron chi connectivity index (χ3n) is 3.91. The van der Waals surface area contributed by atoms with Gasteiger partial charge in [-0.2, -0.15) is 0 Å². The highest BCUT2D eigenvalue weighted by atomic mass is 16.3. The second-order valence-electron chi connectivity index (χ2n) is 5.37. The van der Waals surface area contributed by atoms with E-state index >= 15 is 0 Å². The molecular weight excluding hydrogens is 266 g/mol. The molecule has 5 nitrogen and oxygen atoms in total. The van der Waals surface area contributed by atoms with Crippen molar-refractivity contribution in [2.75, 3.05) is 18.4 Å². The van der Waals surface area contributed by atoms with E-state index in [-0.39, 0.29) is 5.91 Å². The van der Waals surface area contributed by atoms with Crippen LogP contribution in [0.15, 0.2) is 41.3 Å². The number of nitrogens with one attached hydrogen (secondary N) is 1. The Kier molecular flexibility index (Phi) is 3.90. The van der Waals surface area contributed by atoms with E-state index in [1.165, 1.54) is 6.39 Å². The minimum atomic E-state index is 0.171. The average molecular weight is 285 g/mol. The van der Waals surface area contributed by atoms with Crippen molar-refractivity contribution in [2.45, 2.75) is 25.8 Å². The molecule has 0 atom stereocenters. The number of hydrogen-bond acceptors (Lipinski definition) is 4. The third kappa shape index (κ3) is 3.24. The zero-order valence-corrected chi connectivity index (χ0v) is 12.1. The van der Waals surface area contributed by atoms with E-state index in [9.17, 15) is 4.79 Å². The highest BCUT2D eigenvalue weighted by Crippen LogP contribution is 2.22. The fourth-order valence-electron chi connectivity index (χ4n) is 2.66. The molecule has 0 aliphatic carbocycles. The minimum absolute atomic E-state index is 0.171. The molecule has 2 heterocycles. The Bertz CT molecular complexity index is 584. The zero-order chi connectivity index (χ0) is 14.7. The average Bonchev–Trinajstić information content (AvgIpc) is 3.03. The highest BCUT2D eigenvalue weighted by molar-refractivity contribution is 5.73. The summed E-state index contributed by atoms with van der Waals surface area (Å²) in [5, 5.41) is 3.53. The van der Waals surface area contributed by atoms with Crippen molar-refractivity contribution in [1.82, 2.24) is 9.88 Å². The van der Waals surface area contributed by atoms with Crippen LogP contribution in [0.1, 0.15) is 19.8 Å². The number of amides is 1. The molecule has 1 N–H and O–H groups in total. The second kappa shape index (κ2) is 5.99. The van der Waals surface area contributed by atoms with E-state index in [0.717, 1.165) is 42.9 Å². The largest absolute Gasteiger partial charge is 0.444 e. The standard InChI is InChI=1S/C16H19N3O2/c1-12(20)19-8-6-15(7-9-19)18-14-4-2-13(3-5-14)16-10-17-11-21-16/h2-5,10-11,15,18H,6-9H2,1H3. The zero-order valence-electron chi connectivity index (χ0n) is 12.1. The summed E-state index contributed by atoms with van der Waals surface area (Å²) >= 11 is 0. The molecule has 1 aromatic heterocycles.